The van der Waals surface area contributed by atoms with Crippen molar-refractivity contribution in [3.05, 3.63) is 71.8 Å². The van der Waals surface area contributed by atoms with Gasteiger partial charge in [-0.15, -0.1) is 0 Å². The first-order valence-corrected chi connectivity index (χ1v) is 7.48. The fourth-order valence-electron chi connectivity index (χ4n) is 2.51. The first-order valence-electron chi connectivity index (χ1n) is 7.48. The van der Waals surface area contributed by atoms with Gasteiger partial charge >= 0.3 is 0 Å². The molecule has 1 amide bonds. The zero-order valence-corrected chi connectivity index (χ0v) is 12.3. The van der Waals surface area contributed by atoms with E-state index in [1.54, 1.807) is 0 Å². The summed E-state index contributed by atoms with van der Waals surface area (Å²) in [4.78, 5) is 14.5. The van der Waals surface area contributed by atoms with Crippen LogP contribution in [-0.2, 0) is 0 Å². The molecule has 3 rings (SSSR count). The van der Waals surface area contributed by atoms with Gasteiger partial charge in [-0.05, 0) is 24.3 Å². The Morgan fingerprint density at radius 3 is 2.45 bits per heavy atom. The smallest absolute Gasteiger partial charge is 0.254 e. The molecule has 0 aliphatic carbocycles. The zero-order chi connectivity index (χ0) is 15.2. The third-order valence-electron chi connectivity index (χ3n) is 3.68. The Balaban J connectivity index is 1.80. The lowest BCUT2D eigenvalue weighted by Crippen LogP contribution is -2.53. The maximum absolute atomic E-state index is 12.7. The molecule has 0 radical (unpaired) electrons. The molecule has 1 saturated heterocycles. The van der Waals surface area contributed by atoms with Crippen LogP contribution in [0.4, 0.5) is 0 Å². The van der Waals surface area contributed by atoms with Crippen molar-refractivity contribution in [3.63, 3.8) is 0 Å². The molecule has 0 bridgehead atoms. The lowest BCUT2D eigenvalue weighted by Gasteiger charge is -2.33. The molecule has 1 atom stereocenters. The summed E-state index contributed by atoms with van der Waals surface area (Å²) in [5, 5.41) is 3.31. The van der Waals surface area contributed by atoms with Crippen molar-refractivity contribution < 1.29 is 4.79 Å². The Labute approximate surface area is 131 Å². The molecule has 1 aliphatic heterocycles. The third kappa shape index (κ3) is 3.36. The molecule has 1 heterocycles. The van der Waals surface area contributed by atoms with E-state index in [-0.39, 0.29) is 11.9 Å². The van der Waals surface area contributed by atoms with Crippen LogP contribution < -0.4 is 5.32 Å². The van der Waals surface area contributed by atoms with Crippen molar-refractivity contribution in [1.29, 1.82) is 0 Å². The van der Waals surface area contributed by atoms with Crippen molar-refractivity contribution in [2.45, 2.75) is 6.04 Å². The van der Waals surface area contributed by atoms with Gasteiger partial charge in [0.15, 0.2) is 0 Å². The average Bonchev–Trinajstić information content (AvgIpc) is 2.61. The maximum atomic E-state index is 12.7. The van der Waals surface area contributed by atoms with Crippen LogP contribution in [0.15, 0.2) is 60.7 Å². The quantitative estimate of drug-likeness (QED) is 0.816. The van der Waals surface area contributed by atoms with E-state index < -0.39 is 0 Å². The highest BCUT2D eigenvalue weighted by molar-refractivity contribution is 5.94. The number of hydrogen-bond donors (Lipinski definition) is 1. The molecule has 0 saturated carbocycles. The van der Waals surface area contributed by atoms with Crippen LogP contribution in [0.2, 0.25) is 0 Å². The zero-order valence-electron chi connectivity index (χ0n) is 12.3. The van der Waals surface area contributed by atoms with E-state index in [4.69, 9.17) is 0 Å². The van der Waals surface area contributed by atoms with Crippen LogP contribution in [0.25, 0.3) is 0 Å². The summed E-state index contributed by atoms with van der Waals surface area (Å²) < 4.78 is 0. The van der Waals surface area contributed by atoms with Gasteiger partial charge < -0.3 is 10.2 Å². The molecule has 0 spiro atoms. The fourth-order valence-corrected chi connectivity index (χ4v) is 2.51. The highest BCUT2D eigenvalue weighted by atomic mass is 16.2. The largest absolute Gasteiger partial charge is 0.322 e. The normalized spacial score (nSPS) is 17.5. The molecule has 22 heavy (non-hydrogen) atoms. The van der Waals surface area contributed by atoms with Gasteiger partial charge in [-0.25, -0.2) is 0 Å². The molecule has 110 valence electrons. The van der Waals surface area contributed by atoms with Crippen molar-refractivity contribution in [2.75, 3.05) is 19.6 Å². The molecule has 0 aromatic heterocycles. The van der Waals surface area contributed by atoms with E-state index in [0.717, 1.165) is 17.7 Å². The number of carbonyl (C=O) groups is 1. The summed E-state index contributed by atoms with van der Waals surface area (Å²) in [5.74, 6) is 6.45. The van der Waals surface area contributed by atoms with Gasteiger partial charge in [0.25, 0.3) is 5.91 Å². The van der Waals surface area contributed by atoms with E-state index >= 15 is 0 Å². The van der Waals surface area contributed by atoms with E-state index in [2.05, 4.69) is 17.2 Å². The molecule has 3 heteroatoms. The summed E-state index contributed by atoms with van der Waals surface area (Å²) in [6.45, 7) is 2.20. The minimum absolute atomic E-state index is 0.0504. The molecule has 1 N–H and O–H groups in total. The number of benzene rings is 2. The summed E-state index contributed by atoms with van der Waals surface area (Å²) >= 11 is 0. The number of nitrogens with one attached hydrogen (secondary N) is 1. The minimum atomic E-state index is -0.0957. The molecule has 3 nitrogen and oxygen atoms in total. The van der Waals surface area contributed by atoms with Gasteiger partial charge in [-0.3, -0.25) is 4.79 Å². The van der Waals surface area contributed by atoms with Crippen LogP contribution in [0.3, 0.4) is 0 Å². The number of rotatable bonds is 1. The summed E-state index contributed by atoms with van der Waals surface area (Å²) in [6.07, 6.45) is 0. The standard InChI is InChI=1S/C19H18N2O/c22-19(17-9-5-2-6-10-17)21-14-13-20-15-18(21)12-11-16-7-3-1-4-8-16/h1-10,18,20H,13-15H2. The molecular weight excluding hydrogens is 272 g/mol. The first-order chi connectivity index (χ1) is 10.8. The number of piperazine rings is 1. The van der Waals surface area contributed by atoms with E-state index in [1.165, 1.54) is 0 Å². The van der Waals surface area contributed by atoms with E-state index in [0.29, 0.717) is 13.1 Å². The Bertz CT molecular complexity index is 686. The summed E-state index contributed by atoms with van der Waals surface area (Å²) in [6, 6.07) is 19.2. The van der Waals surface area contributed by atoms with Crippen molar-refractivity contribution in [2.24, 2.45) is 0 Å². The Kier molecular flexibility index (Phi) is 4.53. The lowest BCUT2D eigenvalue weighted by molar-refractivity contribution is 0.0689. The Hall–Kier alpha value is -2.57. The third-order valence-corrected chi connectivity index (χ3v) is 3.68. The Morgan fingerprint density at radius 1 is 1.05 bits per heavy atom. The molecule has 2 aromatic rings. The second-order valence-corrected chi connectivity index (χ2v) is 5.22. The minimum Gasteiger partial charge on any atom is -0.322 e. The number of carbonyl (C=O) groups excluding carboxylic acids is 1. The van der Waals surface area contributed by atoms with Gasteiger partial charge in [0, 0.05) is 30.8 Å². The summed E-state index contributed by atoms with van der Waals surface area (Å²) in [7, 11) is 0. The second kappa shape index (κ2) is 6.93. The number of nitrogens with zero attached hydrogens (tertiary/aromatic N) is 1. The van der Waals surface area contributed by atoms with Crippen LogP contribution in [0, 0.1) is 11.8 Å². The predicted octanol–water partition coefficient (Wildman–Crippen LogP) is 2.15. The topological polar surface area (TPSA) is 32.3 Å². The fraction of sp³-hybridized carbons (Fsp3) is 0.211. The number of amides is 1. The second-order valence-electron chi connectivity index (χ2n) is 5.22. The number of hydrogen-bond acceptors (Lipinski definition) is 2. The van der Waals surface area contributed by atoms with Gasteiger partial charge in [-0.2, -0.15) is 0 Å². The monoisotopic (exact) mass is 290 g/mol. The average molecular weight is 290 g/mol. The molecule has 2 aromatic carbocycles. The highest BCUT2D eigenvalue weighted by Gasteiger charge is 2.25. The van der Waals surface area contributed by atoms with Crippen LogP contribution >= 0.6 is 0 Å². The SMILES string of the molecule is O=C(c1ccccc1)N1CCNCC1C#Cc1ccccc1. The molecular formula is C19H18N2O. The first kappa shape index (κ1) is 14.4. The van der Waals surface area contributed by atoms with Gasteiger partial charge in [0.05, 0.1) is 0 Å². The van der Waals surface area contributed by atoms with Crippen molar-refractivity contribution >= 4 is 5.91 Å². The molecule has 1 unspecified atom stereocenters. The Morgan fingerprint density at radius 2 is 1.73 bits per heavy atom. The summed E-state index contributed by atoms with van der Waals surface area (Å²) in [5.41, 5.74) is 1.69. The molecule has 1 fully saturated rings. The van der Waals surface area contributed by atoms with Crippen molar-refractivity contribution in [3.8, 4) is 11.8 Å². The van der Waals surface area contributed by atoms with E-state index in [9.17, 15) is 4.79 Å². The van der Waals surface area contributed by atoms with E-state index in [1.807, 2.05) is 65.6 Å². The molecule has 1 aliphatic rings. The van der Waals surface area contributed by atoms with Gasteiger partial charge in [0.1, 0.15) is 6.04 Å². The maximum Gasteiger partial charge on any atom is 0.254 e. The lowest BCUT2D eigenvalue weighted by atomic mass is 10.1. The van der Waals surface area contributed by atoms with Crippen LogP contribution in [0.5, 0.6) is 0 Å². The predicted molar refractivity (Wildman–Crippen MR) is 87.5 cm³/mol. The highest BCUT2D eigenvalue weighted by Crippen LogP contribution is 2.10. The van der Waals surface area contributed by atoms with Gasteiger partial charge in [-0.1, -0.05) is 48.2 Å². The van der Waals surface area contributed by atoms with Crippen LogP contribution in [-0.4, -0.2) is 36.5 Å². The van der Waals surface area contributed by atoms with Gasteiger partial charge in [0.2, 0.25) is 0 Å². The van der Waals surface area contributed by atoms with Crippen molar-refractivity contribution in [1.82, 2.24) is 10.2 Å². The van der Waals surface area contributed by atoms with Crippen LogP contribution in [0.1, 0.15) is 15.9 Å².